The van der Waals surface area contributed by atoms with Crippen LogP contribution in [0.3, 0.4) is 0 Å². The average molecular weight is 318 g/mol. The maximum atomic E-state index is 12.3. The summed E-state index contributed by atoms with van der Waals surface area (Å²) in [4.78, 5) is -0.147. The summed E-state index contributed by atoms with van der Waals surface area (Å²) in [5.74, 6) is 0. The minimum Gasteiger partial charge on any atom is -0.278 e. The second-order valence-electron chi connectivity index (χ2n) is 4.02. The Kier molecular flexibility index (Phi) is 4.13. The Labute approximate surface area is 127 Å². The first-order valence-corrected chi connectivity index (χ1v) is 7.55. The number of sulfonamides is 1. The smallest absolute Gasteiger partial charge is 0.263 e. The molecule has 21 heavy (non-hydrogen) atoms. The number of nitrogens with zero attached hydrogens (tertiary/aromatic N) is 2. The molecule has 0 saturated carbocycles. The van der Waals surface area contributed by atoms with E-state index in [-0.39, 0.29) is 26.7 Å². The molecule has 0 bridgehead atoms. The summed E-state index contributed by atoms with van der Waals surface area (Å²) in [7, 11) is -3.97. The molecule has 2 aromatic rings. The van der Waals surface area contributed by atoms with Crippen LogP contribution in [0.1, 0.15) is 11.1 Å². The summed E-state index contributed by atoms with van der Waals surface area (Å²) in [6, 6.07) is 13.8. The Morgan fingerprint density at radius 2 is 1.76 bits per heavy atom. The fourth-order valence-corrected chi connectivity index (χ4v) is 3.12. The van der Waals surface area contributed by atoms with E-state index < -0.39 is 10.0 Å². The van der Waals surface area contributed by atoms with Crippen LogP contribution >= 0.6 is 11.6 Å². The van der Waals surface area contributed by atoms with Crippen LogP contribution in [0.4, 0.5) is 5.69 Å². The Morgan fingerprint density at radius 1 is 1.05 bits per heavy atom. The van der Waals surface area contributed by atoms with Gasteiger partial charge in [-0.3, -0.25) is 4.72 Å². The van der Waals surface area contributed by atoms with Crippen molar-refractivity contribution in [1.29, 1.82) is 10.5 Å². The van der Waals surface area contributed by atoms with E-state index in [1.54, 1.807) is 6.07 Å². The van der Waals surface area contributed by atoms with E-state index in [1.807, 2.05) is 12.1 Å². The Hall–Kier alpha value is -2.54. The predicted octanol–water partition coefficient (Wildman–Crippen LogP) is 2.88. The molecule has 0 atom stereocenters. The monoisotopic (exact) mass is 317 g/mol. The zero-order chi connectivity index (χ0) is 15.5. The second kappa shape index (κ2) is 5.84. The van der Waals surface area contributed by atoms with Crippen molar-refractivity contribution in [2.75, 3.05) is 4.72 Å². The molecule has 0 spiro atoms. The molecule has 0 fully saturated rings. The third-order valence-corrected chi connectivity index (χ3v) is 4.39. The maximum Gasteiger partial charge on any atom is 0.263 e. The van der Waals surface area contributed by atoms with Crippen LogP contribution in [0, 0.1) is 22.7 Å². The molecular formula is C14H8ClN3O2S. The second-order valence-corrected chi connectivity index (χ2v) is 6.08. The predicted molar refractivity (Wildman–Crippen MR) is 78.1 cm³/mol. The van der Waals surface area contributed by atoms with Crippen LogP contribution in [-0.4, -0.2) is 8.42 Å². The van der Waals surface area contributed by atoms with Crippen molar-refractivity contribution in [1.82, 2.24) is 0 Å². The summed E-state index contributed by atoms with van der Waals surface area (Å²) in [6.45, 7) is 0. The molecular weight excluding hydrogens is 310 g/mol. The van der Waals surface area contributed by atoms with E-state index in [2.05, 4.69) is 4.72 Å². The first-order chi connectivity index (χ1) is 9.97. The highest BCUT2D eigenvalue weighted by Crippen LogP contribution is 2.26. The van der Waals surface area contributed by atoms with Crippen LogP contribution in [0.15, 0.2) is 47.4 Å². The van der Waals surface area contributed by atoms with Crippen molar-refractivity contribution in [3.63, 3.8) is 0 Å². The van der Waals surface area contributed by atoms with Crippen molar-refractivity contribution in [3.8, 4) is 12.1 Å². The van der Waals surface area contributed by atoms with Crippen LogP contribution in [0.5, 0.6) is 0 Å². The molecule has 2 rings (SSSR count). The van der Waals surface area contributed by atoms with Crippen LogP contribution in [0.25, 0.3) is 0 Å². The van der Waals surface area contributed by atoms with Gasteiger partial charge in [-0.2, -0.15) is 10.5 Å². The minimum atomic E-state index is -3.97. The number of nitriles is 2. The molecule has 104 valence electrons. The molecule has 1 N–H and O–H groups in total. The summed E-state index contributed by atoms with van der Waals surface area (Å²) in [5, 5.41) is 18.0. The largest absolute Gasteiger partial charge is 0.278 e. The number of hydrogen-bond acceptors (Lipinski definition) is 4. The molecule has 5 nitrogen and oxygen atoms in total. The minimum absolute atomic E-state index is 0.0255. The summed E-state index contributed by atoms with van der Waals surface area (Å²) in [6.07, 6.45) is 0. The normalized spacial score (nSPS) is 10.4. The molecule has 0 aliphatic carbocycles. The molecule has 0 saturated heterocycles. The Morgan fingerprint density at radius 3 is 2.43 bits per heavy atom. The van der Waals surface area contributed by atoms with Crippen LogP contribution < -0.4 is 4.72 Å². The van der Waals surface area contributed by atoms with Gasteiger partial charge in [0.2, 0.25) is 0 Å². The van der Waals surface area contributed by atoms with Gasteiger partial charge in [0.05, 0.1) is 27.9 Å². The highest BCUT2D eigenvalue weighted by molar-refractivity contribution is 7.92. The van der Waals surface area contributed by atoms with Crippen LogP contribution in [0.2, 0.25) is 5.02 Å². The fraction of sp³-hybridized carbons (Fsp3) is 0. The molecule has 0 aliphatic heterocycles. The van der Waals surface area contributed by atoms with E-state index in [0.717, 1.165) is 0 Å². The molecule has 0 radical (unpaired) electrons. The van der Waals surface area contributed by atoms with Crippen molar-refractivity contribution in [2.24, 2.45) is 0 Å². The Bertz CT molecular complexity index is 880. The lowest BCUT2D eigenvalue weighted by Gasteiger charge is -2.10. The van der Waals surface area contributed by atoms with Gasteiger partial charge in [0.25, 0.3) is 10.0 Å². The lowest BCUT2D eigenvalue weighted by molar-refractivity contribution is 0.601. The van der Waals surface area contributed by atoms with Gasteiger partial charge < -0.3 is 0 Å². The first kappa shape index (κ1) is 14.9. The number of nitrogens with one attached hydrogen (secondary N) is 1. The molecule has 7 heteroatoms. The van der Waals surface area contributed by atoms with Crippen molar-refractivity contribution < 1.29 is 8.42 Å². The zero-order valence-electron chi connectivity index (χ0n) is 10.5. The van der Waals surface area contributed by atoms with Gasteiger partial charge in [0.15, 0.2) is 0 Å². The number of anilines is 1. The van der Waals surface area contributed by atoms with Gasteiger partial charge in [-0.1, -0.05) is 23.7 Å². The van der Waals surface area contributed by atoms with Gasteiger partial charge in [0, 0.05) is 0 Å². The molecule has 2 aromatic carbocycles. The van der Waals surface area contributed by atoms with Gasteiger partial charge in [0.1, 0.15) is 11.0 Å². The maximum absolute atomic E-state index is 12.3. The molecule has 0 unspecified atom stereocenters. The van der Waals surface area contributed by atoms with E-state index in [0.29, 0.717) is 0 Å². The van der Waals surface area contributed by atoms with E-state index in [9.17, 15) is 8.42 Å². The highest BCUT2D eigenvalue weighted by Gasteiger charge is 2.19. The SMILES string of the molecule is N#Cc1ccc(Cl)c(NS(=O)(=O)c2ccccc2C#N)c1. The number of rotatable bonds is 3. The summed E-state index contributed by atoms with van der Waals surface area (Å²) >= 11 is 5.92. The third kappa shape index (κ3) is 3.14. The van der Waals surface area contributed by atoms with Gasteiger partial charge in [-0.05, 0) is 30.3 Å². The van der Waals surface area contributed by atoms with Gasteiger partial charge in [-0.15, -0.1) is 0 Å². The lowest BCUT2D eigenvalue weighted by atomic mass is 10.2. The number of hydrogen-bond donors (Lipinski definition) is 1. The van der Waals surface area contributed by atoms with E-state index in [4.69, 9.17) is 22.1 Å². The highest BCUT2D eigenvalue weighted by atomic mass is 35.5. The standard InChI is InChI=1S/C14H8ClN3O2S/c15-12-6-5-10(8-16)7-13(12)18-21(19,20)14-4-2-1-3-11(14)9-17/h1-7,18H. The molecule has 0 aromatic heterocycles. The van der Waals surface area contributed by atoms with Gasteiger partial charge in [-0.25, -0.2) is 8.42 Å². The average Bonchev–Trinajstić information content (AvgIpc) is 2.49. The number of halogens is 1. The molecule has 0 heterocycles. The quantitative estimate of drug-likeness (QED) is 0.941. The first-order valence-electron chi connectivity index (χ1n) is 5.69. The Balaban J connectivity index is 2.48. The van der Waals surface area contributed by atoms with Gasteiger partial charge >= 0.3 is 0 Å². The fourth-order valence-electron chi connectivity index (χ4n) is 1.67. The number of benzene rings is 2. The van der Waals surface area contributed by atoms with Crippen LogP contribution in [-0.2, 0) is 10.0 Å². The molecule has 0 aliphatic rings. The molecule has 0 amide bonds. The third-order valence-electron chi connectivity index (χ3n) is 2.64. The topological polar surface area (TPSA) is 93.8 Å². The van der Waals surface area contributed by atoms with Crippen molar-refractivity contribution >= 4 is 27.3 Å². The van der Waals surface area contributed by atoms with E-state index >= 15 is 0 Å². The van der Waals surface area contributed by atoms with E-state index in [1.165, 1.54) is 36.4 Å². The van der Waals surface area contributed by atoms with Crippen molar-refractivity contribution in [2.45, 2.75) is 4.90 Å². The lowest BCUT2D eigenvalue weighted by Crippen LogP contribution is -2.14. The van der Waals surface area contributed by atoms with Crippen molar-refractivity contribution in [3.05, 3.63) is 58.6 Å². The summed E-state index contributed by atoms with van der Waals surface area (Å²) in [5.41, 5.74) is 0.381. The zero-order valence-corrected chi connectivity index (χ0v) is 12.1. The summed E-state index contributed by atoms with van der Waals surface area (Å²) < 4.78 is 26.9.